The quantitative estimate of drug-likeness (QED) is 0.573. The van der Waals surface area contributed by atoms with Gasteiger partial charge in [0.15, 0.2) is 5.79 Å². The van der Waals surface area contributed by atoms with Gasteiger partial charge in [-0.05, 0) is 20.3 Å². The molecule has 0 saturated carbocycles. The number of carbonyl (C=O) groups is 1. The average molecular weight is 173 g/mol. The largest absolute Gasteiger partial charge is 0.550 e. The highest BCUT2D eigenvalue weighted by atomic mass is 16.7. The predicted molar refractivity (Wildman–Crippen MR) is 39.1 cm³/mol. The van der Waals surface area contributed by atoms with Crippen LogP contribution < -0.4 is 5.11 Å². The first kappa shape index (κ1) is 9.48. The molecule has 1 unspecified atom stereocenters. The fraction of sp³-hybridized carbons (Fsp3) is 0.875. The fourth-order valence-electron chi connectivity index (χ4n) is 1.26. The summed E-state index contributed by atoms with van der Waals surface area (Å²) in [7, 11) is 0. The van der Waals surface area contributed by atoms with Crippen LogP contribution in [0.2, 0.25) is 0 Å². The second-order valence-electron chi connectivity index (χ2n) is 3.35. The van der Waals surface area contributed by atoms with Crippen LogP contribution in [0.4, 0.5) is 0 Å². The number of carboxylic acid groups (broad SMARTS) is 1. The second-order valence-corrected chi connectivity index (χ2v) is 3.35. The van der Waals surface area contributed by atoms with Gasteiger partial charge in [-0.25, -0.2) is 0 Å². The Morgan fingerprint density at radius 3 is 2.83 bits per heavy atom. The number of hydrogen-bond donors (Lipinski definition) is 0. The topological polar surface area (TPSA) is 58.6 Å². The molecule has 1 heterocycles. The van der Waals surface area contributed by atoms with Gasteiger partial charge in [-0.2, -0.15) is 0 Å². The molecule has 1 aliphatic heterocycles. The SMILES string of the molecule is CC1(C)OCCC(CC(=O)[O-])O1. The molecule has 70 valence electrons. The van der Waals surface area contributed by atoms with E-state index in [0.29, 0.717) is 13.0 Å². The van der Waals surface area contributed by atoms with Gasteiger partial charge < -0.3 is 19.4 Å². The molecule has 0 aromatic rings. The van der Waals surface area contributed by atoms with Crippen LogP contribution in [0.3, 0.4) is 0 Å². The zero-order chi connectivity index (χ0) is 9.19. The maximum atomic E-state index is 10.2. The van der Waals surface area contributed by atoms with E-state index in [1.54, 1.807) is 13.8 Å². The number of aliphatic carboxylic acids is 1. The van der Waals surface area contributed by atoms with Crippen molar-refractivity contribution >= 4 is 5.97 Å². The molecule has 0 radical (unpaired) electrons. The molecular weight excluding hydrogens is 160 g/mol. The van der Waals surface area contributed by atoms with E-state index >= 15 is 0 Å². The summed E-state index contributed by atoms with van der Waals surface area (Å²) in [6, 6.07) is 0. The van der Waals surface area contributed by atoms with Gasteiger partial charge in [-0.15, -0.1) is 0 Å². The van der Waals surface area contributed by atoms with Crippen molar-refractivity contribution in [3.8, 4) is 0 Å². The van der Waals surface area contributed by atoms with E-state index in [1.807, 2.05) is 0 Å². The lowest BCUT2D eigenvalue weighted by Gasteiger charge is -2.36. The van der Waals surface area contributed by atoms with Gasteiger partial charge in [-0.3, -0.25) is 0 Å². The minimum atomic E-state index is -1.07. The van der Waals surface area contributed by atoms with Gasteiger partial charge in [0, 0.05) is 12.4 Å². The lowest BCUT2D eigenvalue weighted by molar-refractivity contribution is -0.316. The van der Waals surface area contributed by atoms with Gasteiger partial charge >= 0.3 is 0 Å². The van der Waals surface area contributed by atoms with Gasteiger partial charge in [0.05, 0.1) is 12.7 Å². The molecule has 0 aromatic heterocycles. The van der Waals surface area contributed by atoms with Gasteiger partial charge in [0.1, 0.15) is 0 Å². The van der Waals surface area contributed by atoms with Crippen LogP contribution in [0, 0.1) is 0 Å². The van der Waals surface area contributed by atoms with E-state index in [0.717, 1.165) is 0 Å². The molecular formula is C8H13O4-. The zero-order valence-corrected chi connectivity index (χ0v) is 7.33. The summed E-state index contributed by atoms with van der Waals surface area (Å²) in [5.41, 5.74) is 0. The smallest absolute Gasteiger partial charge is 0.163 e. The highest BCUT2D eigenvalue weighted by Gasteiger charge is 2.28. The Labute approximate surface area is 71.5 Å². The molecule has 12 heavy (non-hydrogen) atoms. The third-order valence-electron chi connectivity index (χ3n) is 1.73. The lowest BCUT2D eigenvalue weighted by Crippen LogP contribution is -2.42. The first-order chi connectivity index (χ1) is 5.49. The summed E-state index contributed by atoms with van der Waals surface area (Å²) in [4.78, 5) is 10.2. The van der Waals surface area contributed by atoms with E-state index in [9.17, 15) is 9.90 Å². The van der Waals surface area contributed by atoms with E-state index < -0.39 is 11.8 Å². The van der Waals surface area contributed by atoms with Crippen LogP contribution in [0.5, 0.6) is 0 Å². The van der Waals surface area contributed by atoms with Gasteiger partial charge in [0.2, 0.25) is 0 Å². The van der Waals surface area contributed by atoms with Crippen LogP contribution in [0.25, 0.3) is 0 Å². The number of hydrogen-bond acceptors (Lipinski definition) is 4. The Bertz CT molecular complexity index is 176. The van der Waals surface area contributed by atoms with Crippen molar-refractivity contribution in [2.75, 3.05) is 6.61 Å². The zero-order valence-electron chi connectivity index (χ0n) is 7.33. The summed E-state index contributed by atoms with van der Waals surface area (Å²) >= 11 is 0. The molecule has 4 nitrogen and oxygen atoms in total. The van der Waals surface area contributed by atoms with Crippen LogP contribution in [-0.4, -0.2) is 24.5 Å². The Kier molecular flexibility index (Phi) is 2.69. The molecule has 1 saturated heterocycles. The maximum absolute atomic E-state index is 10.2. The third kappa shape index (κ3) is 2.79. The molecule has 1 rings (SSSR count). The predicted octanol–water partition coefficient (Wildman–Crippen LogP) is -0.332. The normalized spacial score (nSPS) is 28.3. The third-order valence-corrected chi connectivity index (χ3v) is 1.73. The molecule has 1 aliphatic rings. The van der Waals surface area contributed by atoms with Gasteiger partial charge in [0.25, 0.3) is 0 Å². The first-order valence-electron chi connectivity index (χ1n) is 4.01. The fourth-order valence-corrected chi connectivity index (χ4v) is 1.26. The van der Waals surface area contributed by atoms with Crippen molar-refractivity contribution in [3.05, 3.63) is 0 Å². The second kappa shape index (κ2) is 3.41. The molecule has 0 bridgehead atoms. The summed E-state index contributed by atoms with van der Waals surface area (Å²) in [6.45, 7) is 4.09. The average Bonchev–Trinajstić information content (AvgIpc) is 1.82. The monoisotopic (exact) mass is 173 g/mol. The van der Waals surface area contributed by atoms with Crippen molar-refractivity contribution < 1.29 is 19.4 Å². The summed E-state index contributed by atoms with van der Waals surface area (Å²) in [5.74, 6) is -1.73. The summed E-state index contributed by atoms with van der Waals surface area (Å²) < 4.78 is 10.6. The Morgan fingerprint density at radius 1 is 1.67 bits per heavy atom. The van der Waals surface area contributed by atoms with Crippen molar-refractivity contribution in [1.82, 2.24) is 0 Å². The minimum absolute atomic E-state index is 0.0488. The van der Waals surface area contributed by atoms with E-state index in [-0.39, 0.29) is 12.5 Å². The summed E-state index contributed by atoms with van der Waals surface area (Å²) in [5, 5.41) is 10.2. The number of ether oxygens (including phenoxy) is 2. The Morgan fingerprint density at radius 2 is 2.33 bits per heavy atom. The molecule has 0 aliphatic carbocycles. The Balaban J connectivity index is 2.41. The molecule has 0 amide bonds. The van der Waals surface area contributed by atoms with Crippen LogP contribution in [0.15, 0.2) is 0 Å². The van der Waals surface area contributed by atoms with Crippen molar-refractivity contribution in [2.24, 2.45) is 0 Å². The maximum Gasteiger partial charge on any atom is 0.163 e. The van der Waals surface area contributed by atoms with Crippen molar-refractivity contribution in [1.29, 1.82) is 0 Å². The van der Waals surface area contributed by atoms with E-state index in [2.05, 4.69) is 0 Å². The van der Waals surface area contributed by atoms with Crippen molar-refractivity contribution in [2.45, 2.75) is 38.6 Å². The molecule has 4 heteroatoms. The highest BCUT2D eigenvalue weighted by Crippen LogP contribution is 2.23. The van der Waals surface area contributed by atoms with Crippen LogP contribution in [-0.2, 0) is 14.3 Å². The van der Waals surface area contributed by atoms with E-state index in [1.165, 1.54) is 0 Å². The van der Waals surface area contributed by atoms with Crippen LogP contribution >= 0.6 is 0 Å². The Hall–Kier alpha value is -0.610. The number of carboxylic acids is 1. The first-order valence-corrected chi connectivity index (χ1v) is 4.01. The van der Waals surface area contributed by atoms with Crippen molar-refractivity contribution in [3.63, 3.8) is 0 Å². The molecule has 0 N–H and O–H groups in total. The van der Waals surface area contributed by atoms with Gasteiger partial charge in [-0.1, -0.05) is 0 Å². The molecule has 0 spiro atoms. The molecule has 1 fully saturated rings. The number of rotatable bonds is 2. The minimum Gasteiger partial charge on any atom is -0.550 e. The number of carbonyl (C=O) groups excluding carboxylic acids is 1. The lowest BCUT2D eigenvalue weighted by atomic mass is 10.1. The highest BCUT2D eigenvalue weighted by molar-refractivity contribution is 5.64. The van der Waals surface area contributed by atoms with E-state index in [4.69, 9.17) is 9.47 Å². The summed E-state index contributed by atoms with van der Waals surface area (Å²) in [6.07, 6.45) is 0.309. The van der Waals surface area contributed by atoms with Crippen LogP contribution in [0.1, 0.15) is 26.7 Å². The molecule has 1 atom stereocenters. The standard InChI is InChI=1S/C8H14O4/c1-8(2)11-4-3-6(12-8)5-7(9)10/h6H,3-5H2,1-2H3,(H,9,10)/p-1. The molecule has 0 aromatic carbocycles.